The number of aryl methyl sites for hydroxylation is 1. The van der Waals surface area contributed by atoms with Crippen LogP contribution in [0.1, 0.15) is 25.3 Å². The summed E-state index contributed by atoms with van der Waals surface area (Å²) in [5.74, 6) is 0.690. The van der Waals surface area contributed by atoms with Gasteiger partial charge in [-0.3, -0.25) is 0 Å². The molecule has 0 spiro atoms. The quantitative estimate of drug-likeness (QED) is 0.570. The summed E-state index contributed by atoms with van der Waals surface area (Å²) in [4.78, 5) is 1.21. The normalized spacial score (nSPS) is 12.6. The molecule has 0 fully saturated rings. The van der Waals surface area contributed by atoms with Gasteiger partial charge in [-0.25, -0.2) is 0 Å². The van der Waals surface area contributed by atoms with E-state index in [4.69, 9.17) is 4.74 Å². The summed E-state index contributed by atoms with van der Waals surface area (Å²) in [5.41, 5.74) is 1.25. The molecule has 0 bridgehead atoms. The maximum atomic E-state index is 9.73. The molecule has 2 nitrogen and oxygen atoms in total. The Morgan fingerprint density at radius 3 is 2.94 bits per heavy atom. The molecule has 0 saturated carbocycles. The van der Waals surface area contributed by atoms with Crippen molar-refractivity contribution >= 4 is 11.8 Å². The van der Waals surface area contributed by atoms with E-state index in [0.717, 1.165) is 19.4 Å². The molecule has 1 aromatic carbocycles. The Kier molecular flexibility index (Phi) is 7.33. The fourth-order valence-corrected chi connectivity index (χ4v) is 2.34. The molecular weight excluding hydrogens is 232 g/mol. The number of thioether (sulfide) groups is 1. The molecule has 0 aliphatic carbocycles. The lowest BCUT2D eigenvalue weighted by Crippen LogP contribution is -2.18. The van der Waals surface area contributed by atoms with Gasteiger partial charge in [0.15, 0.2) is 0 Å². The van der Waals surface area contributed by atoms with Crippen molar-refractivity contribution in [2.75, 3.05) is 19.0 Å². The third-order valence-electron chi connectivity index (χ3n) is 2.38. The fraction of sp³-hybridized carbons (Fsp3) is 0.571. The minimum atomic E-state index is -0.377. The van der Waals surface area contributed by atoms with Crippen LogP contribution in [0.4, 0.5) is 0 Å². The first-order valence-corrected chi connectivity index (χ1v) is 7.16. The van der Waals surface area contributed by atoms with Crippen LogP contribution >= 0.6 is 11.8 Å². The summed E-state index contributed by atoms with van der Waals surface area (Å²) >= 11 is 1.68. The predicted octanol–water partition coefficient (Wildman–Crippen LogP) is 3.26. The van der Waals surface area contributed by atoms with Crippen LogP contribution in [0.25, 0.3) is 0 Å². The van der Waals surface area contributed by atoms with Crippen LogP contribution in [0.2, 0.25) is 0 Å². The highest BCUT2D eigenvalue weighted by Crippen LogP contribution is 2.19. The molecule has 0 amide bonds. The van der Waals surface area contributed by atoms with Gasteiger partial charge < -0.3 is 9.84 Å². The van der Waals surface area contributed by atoms with Crippen molar-refractivity contribution in [3.63, 3.8) is 0 Å². The second-order valence-electron chi connectivity index (χ2n) is 4.21. The van der Waals surface area contributed by atoms with Crippen molar-refractivity contribution in [2.45, 2.75) is 37.7 Å². The van der Waals surface area contributed by atoms with Crippen LogP contribution in [0.3, 0.4) is 0 Å². The zero-order valence-electron chi connectivity index (χ0n) is 10.7. The molecule has 3 heteroatoms. The number of benzene rings is 1. The topological polar surface area (TPSA) is 29.5 Å². The maximum Gasteiger partial charge on any atom is 0.0867 e. The number of unbranched alkanes of at least 4 members (excludes halogenated alkanes) is 1. The smallest absolute Gasteiger partial charge is 0.0867 e. The molecule has 17 heavy (non-hydrogen) atoms. The van der Waals surface area contributed by atoms with E-state index in [1.165, 1.54) is 10.5 Å². The van der Waals surface area contributed by atoms with E-state index in [9.17, 15) is 5.11 Å². The Bertz CT molecular complexity index is 315. The number of hydrogen-bond donors (Lipinski definition) is 1. The first kappa shape index (κ1) is 14.6. The van der Waals surface area contributed by atoms with Gasteiger partial charge in [0.2, 0.25) is 0 Å². The summed E-state index contributed by atoms with van der Waals surface area (Å²) in [6.07, 6.45) is 1.82. The molecule has 0 aliphatic heterocycles. The summed E-state index contributed by atoms with van der Waals surface area (Å²) in [6.45, 7) is 5.41. The Labute approximate surface area is 108 Å². The summed E-state index contributed by atoms with van der Waals surface area (Å²) in [6, 6.07) is 8.33. The van der Waals surface area contributed by atoms with E-state index in [2.05, 4.69) is 32.0 Å². The molecule has 1 atom stereocenters. The minimum Gasteiger partial charge on any atom is -0.390 e. The molecule has 0 saturated heterocycles. The van der Waals surface area contributed by atoms with Crippen molar-refractivity contribution in [3.8, 4) is 0 Å². The third kappa shape index (κ3) is 6.71. The highest BCUT2D eigenvalue weighted by atomic mass is 32.2. The predicted molar refractivity (Wildman–Crippen MR) is 73.6 cm³/mol. The van der Waals surface area contributed by atoms with Gasteiger partial charge in [-0.2, -0.15) is 0 Å². The SMILES string of the molecule is CCCCOCC(O)CSc1cccc(C)c1. The van der Waals surface area contributed by atoms with Gasteiger partial charge in [0.05, 0.1) is 12.7 Å². The van der Waals surface area contributed by atoms with Gasteiger partial charge in [0.1, 0.15) is 0 Å². The van der Waals surface area contributed by atoms with Crippen LogP contribution in [-0.4, -0.2) is 30.2 Å². The highest BCUT2D eigenvalue weighted by Gasteiger charge is 2.05. The lowest BCUT2D eigenvalue weighted by molar-refractivity contribution is 0.0473. The third-order valence-corrected chi connectivity index (χ3v) is 3.52. The van der Waals surface area contributed by atoms with Crippen molar-refractivity contribution in [3.05, 3.63) is 29.8 Å². The largest absolute Gasteiger partial charge is 0.390 e. The fourth-order valence-electron chi connectivity index (χ4n) is 1.41. The number of aliphatic hydroxyl groups excluding tert-OH is 1. The monoisotopic (exact) mass is 254 g/mol. The van der Waals surface area contributed by atoms with Crippen LogP contribution in [0.5, 0.6) is 0 Å². The first-order valence-electron chi connectivity index (χ1n) is 6.17. The van der Waals surface area contributed by atoms with E-state index in [-0.39, 0.29) is 6.10 Å². The molecule has 0 radical (unpaired) electrons. The van der Waals surface area contributed by atoms with E-state index < -0.39 is 0 Å². The molecule has 0 aromatic heterocycles. The summed E-state index contributed by atoms with van der Waals surface area (Å²) in [7, 11) is 0. The second kappa shape index (κ2) is 8.56. The Balaban J connectivity index is 2.17. The first-order chi connectivity index (χ1) is 8.22. The zero-order valence-corrected chi connectivity index (χ0v) is 11.5. The van der Waals surface area contributed by atoms with Gasteiger partial charge in [-0.05, 0) is 25.5 Å². The molecule has 96 valence electrons. The number of rotatable bonds is 8. The Morgan fingerprint density at radius 2 is 2.24 bits per heavy atom. The summed E-state index contributed by atoms with van der Waals surface area (Å²) in [5, 5.41) is 9.73. The molecule has 1 N–H and O–H groups in total. The van der Waals surface area contributed by atoms with E-state index >= 15 is 0 Å². The Hall–Kier alpha value is -0.510. The van der Waals surface area contributed by atoms with Crippen molar-refractivity contribution in [1.82, 2.24) is 0 Å². The van der Waals surface area contributed by atoms with Gasteiger partial charge in [-0.15, -0.1) is 11.8 Å². The van der Waals surface area contributed by atoms with E-state index in [0.29, 0.717) is 12.4 Å². The number of hydrogen-bond acceptors (Lipinski definition) is 3. The standard InChI is InChI=1S/C14H22O2S/c1-3-4-8-16-10-13(15)11-17-14-7-5-6-12(2)9-14/h5-7,9,13,15H,3-4,8,10-11H2,1-2H3. The van der Waals surface area contributed by atoms with Gasteiger partial charge in [-0.1, -0.05) is 31.0 Å². The minimum absolute atomic E-state index is 0.377. The lowest BCUT2D eigenvalue weighted by Gasteiger charge is -2.11. The van der Waals surface area contributed by atoms with Crippen LogP contribution in [0.15, 0.2) is 29.2 Å². The van der Waals surface area contributed by atoms with Gasteiger partial charge in [0, 0.05) is 17.3 Å². The van der Waals surface area contributed by atoms with E-state index in [1.807, 2.05) is 6.07 Å². The Morgan fingerprint density at radius 1 is 1.41 bits per heavy atom. The van der Waals surface area contributed by atoms with Gasteiger partial charge in [0.25, 0.3) is 0 Å². The number of aliphatic hydroxyl groups is 1. The van der Waals surface area contributed by atoms with Crippen molar-refractivity contribution in [1.29, 1.82) is 0 Å². The maximum absolute atomic E-state index is 9.73. The average molecular weight is 254 g/mol. The molecule has 1 aromatic rings. The second-order valence-corrected chi connectivity index (χ2v) is 5.30. The van der Waals surface area contributed by atoms with Crippen LogP contribution in [0, 0.1) is 6.92 Å². The molecule has 1 rings (SSSR count). The van der Waals surface area contributed by atoms with E-state index in [1.54, 1.807) is 11.8 Å². The zero-order chi connectivity index (χ0) is 12.5. The van der Waals surface area contributed by atoms with Crippen molar-refractivity contribution in [2.24, 2.45) is 0 Å². The van der Waals surface area contributed by atoms with Gasteiger partial charge >= 0.3 is 0 Å². The van der Waals surface area contributed by atoms with Crippen LogP contribution in [-0.2, 0) is 4.74 Å². The molecular formula is C14H22O2S. The van der Waals surface area contributed by atoms with Crippen LogP contribution < -0.4 is 0 Å². The molecule has 0 heterocycles. The molecule has 0 aliphatic rings. The van der Waals surface area contributed by atoms with Crippen molar-refractivity contribution < 1.29 is 9.84 Å². The highest BCUT2D eigenvalue weighted by molar-refractivity contribution is 7.99. The number of ether oxygens (including phenoxy) is 1. The average Bonchev–Trinajstić information content (AvgIpc) is 2.32. The lowest BCUT2D eigenvalue weighted by atomic mass is 10.2. The molecule has 1 unspecified atom stereocenters. The summed E-state index contributed by atoms with van der Waals surface area (Å²) < 4.78 is 5.38.